The summed E-state index contributed by atoms with van der Waals surface area (Å²) in [6.07, 6.45) is 0.919. The zero-order valence-corrected chi connectivity index (χ0v) is 18.6. The molecule has 0 saturated carbocycles. The average Bonchev–Trinajstić information content (AvgIpc) is 2.69. The minimum absolute atomic E-state index is 0. The Kier molecular flexibility index (Phi) is 11.8. The van der Waals surface area contributed by atoms with E-state index in [1.54, 1.807) is 21.3 Å². The molecule has 2 N–H and O–H groups in total. The highest BCUT2D eigenvalue weighted by Gasteiger charge is 2.01. The van der Waals surface area contributed by atoms with Crippen molar-refractivity contribution in [2.45, 2.75) is 13.0 Å². The van der Waals surface area contributed by atoms with Crippen molar-refractivity contribution in [3.63, 3.8) is 0 Å². The molecule has 7 heteroatoms. The van der Waals surface area contributed by atoms with E-state index in [0.29, 0.717) is 26.4 Å². The van der Waals surface area contributed by atoms with E-state index < -0.39 is 0 Å². The smallest absolute Gasteiger partial charge is 0.191 e. The number of ether oxygens (including phenoxy) is 3. The van der Waals surface area contributed by atoms with Crippen LogP contribution in [-0.4, -0.2) is 53.6 Å². The highest BCUT2D eigenvalue weighted by molar-refractivity contribution is 14.0. The molecule has 6 nitrogen and oxygen atoms in total. The summed E-state index contributed by atoms with van der Waals surface area (Å²) in [6, 6.07) is 12.5. The van der Waals surface area contributed by atoms with E-state index >= 15 is 0 Å². The summed E-state index contributed by atoms with van der Waals surface area (Å²) in [6.45, 7) is 3.50. The Morgan fingerprint density at radius 3 is 2.48 bits per heavy atom. The van der Waals surface area contributed by atoms with E-state index in [1.807, 2.05) is 12.1 Å². The van der Waals surface area contributed by atoms with Gasteiger partial charge in [-0.25, -0.2) is 0 Å². The molecule has 0 bridgehead atoms. The maximum Gasteiger partial charge on any atom is 0.191 e. The second kappa shape index (κ2) is 13.6. The van der Waals surface area contributed by atoms with E-state index in [1.165, 1.54) is 16.3 Å². The van der Waals surface area contributed by atoms with E-state index in [2.05, 4.69) is 39.9 Å². The summed E-state index contributed by atoms with van der Waals surface area (Å²) >= 11 is 0. The molecule has 2 aromatic rings. The number of methoxy groups -OCH3 is 2. The Balaban J connectivity index is 0.00000364. The zero-order chi connectivity index (χ0) is 18.6. The molecular weight excluding hydrogens is 457 g/mol. The summed E-state index contributed by atoms with van der Waals surface area (Å²) in [5.41, 5.74) is 1.20. The molecule has 0 aliphatic carbocycles. The summed E-state index contributed by atoms with van der Waals surface area (Å²) < 4.78 is 15.7. The zero-order valence-electron chi connectivity index (χ0n) is 16.3. The van der Waals surface area contributed by atoms with Gasteiger partial charge in [-0.15, -0.1) is 24.0 Å². The number of fused-ring (bicyclic) bond motifs is 1. The molecule has 0 radical (unpaired) electrons. The molecule has 0 heterocycles. The minimum Gasteiger partial charge on any atom is -0.497 e. The molecule has 0 aliphatic rings. The number of benzene rings is 2. The number of hydrogen-bond donors (Lipinski definition) is 2. The topological polar surface area (TPSA) is 64.1 Å². The first-order valence-corrected chi connectivity index (χ1v) is 8.84. The molecule has 2 rings (SSSR count). The highest BCUT2D eigenvalue weighted by atomic mass is 127. The number of nitrogens with zero attached hydrogens (tertiary/aromatic N) is 1. The molecule has 0 fully saturated rings. The fraction of sp³-hybridized carbons (Fsp3) is 0.450. The number of halogens is 1. The van der Waals surface area contributed by atoms with Crippen LogP contribution in [0.1, 0.15) is 12.0 Å². The van der Waals surface area contributed by atoms with Gasteiger partial charge in [-0.05, 0) is 41.0 Å². The monoisotopic (exact) mass is 487 g/mol. The Morgan fingerprint density at radius 1 is 0.963 bits per heavy atom. The van der Waals surface area contributed by atoms with Crippen molar-refractivity contribution in [2.24, 2.45) is 4.99 Å². The first-order chi connectivity index (χ1) is 12.8. The number of guanidine groups is 1. The van der Waals surface area contributed by atoms with Crippen LogP contribution < -0.4 is 15.4 Å². The molecular formula is C20H30IN3O3. The van der Waals surface area contributed by atoms with Crippen molar-refractivity contribution in [3.05, 3.63) is 42.0 Å². The molecule has 0 spiro atoms. The van der Waals surface area contributed by atoms with Crippen LogP contribution in [0.15, 0.2) is 41.4 Å². The second-order valence-corrected chi connectivity index (χ2v) is 5.86. The molecule has 2 aromatic carbocycles. The van der Waals surface area contributed by atoms with E-state index in [-0.39, 0.29) is 24.0 Å². The van der Waals surface area contributed by atoms with Gasteiger partial charge in [0, 0.05) is 33.9 Å². The quantitative estimate of drug-likeness (QED) is 0.233. The van der Waals surface area contributed by atoms with Gasteiger partial charge >= 0.3 is 0 Å². The van der Waals surface area contributed by atoms with Gasteiger partial charge in [-0.3, -0.25) is 4.99 Å². The van der Waals surface area contributed by atoms with Crippen molar-refractivity contribution in [3.8, 4) is 5.75 Å². The lowest BCUT2D eigenvalue weighted by Crippen LogP contribution is -2.37. The maximum absolute atomic E-state index is 5.44. The lowest BCUT2D eigenvalue weighted by atomic mass is 10.1. The molecule has 0 unspecified atom stereocenters. The van der Waals surface area contributed by atoms with Gasteiger partial charge in [0.05, 0.1) is 20.3 Å². The van der Waals surface area contributed by atoms with Gasteiger partial charge in [-0.2, -0.15) is 0 Å². The van der Waals surface area contributed by atoms with E-state index in [9.17, 15) is 0 Å². The number of nitrogens with one attached hydrogen (secondary N) is 2. The predicted octanol–water partition coefficient (Wildman–Crippen LogP) is 3.18. The summed E-state index contributed by atoms with van der Waals surface area (Å²) in [5.74, 6) is 1.66. The fourth-order valence-corrected chi connectivity index (χ4v) is 2.54. The summed E-state index contributed by atoms with van der Waals surface area (Å²) in [5, 5.41) is 9.00. The normalized spacial score (nSPS) is 11.1. The van der Waals surface area contributed by atoms with Crippen molar-refractivity contribution in [1.82, 2.24) is 10.6 Å². The molecule has 27 heavy (non-hydrogen) atoms. The van der Waals surface area contributed by atoms with Crippen LogP contribution in [0.5, 0.6) is 5.75 Å². The van der Waals surface area contributed by atoms with Gasteiger partial charge in [0.25, 0.3) is 0 Å². The molecule has 0 saturated heterocycles. The van der Waals surface area contributed by atoms with E-state index in [0.717, 1.165) is 24.7 Å². The van der Waals surface area contributed by atoms with Crippen LogP contribution in [-0.2, 0) is 16.0 Å². The lowest BCUT2D eigenvalue weighted by molar-refractivity contribution is 0.0698. The standard InChI is InChI=1S/C20H29N3O3.HI/c1-21-20(22-9-4-10-26-12-11-24-2)23-15-16-5-6-18-14-19(25-3)8-7-17(18)13-16;/h5-8,13-14H,4,9-12,15H2,1-3H3,(H2,21,22,23);1H. The Bertz CT molecular complexity index is 710. The predicted molar refractivity (Wildman–Crippen MR) is 121 cm³/mol. The van der Waals surface area contributed by atoms with Crippen LogP contribution >= 0.6 is 24.0 Å². The van der Waals surface area contributed by atoms with E-state index in [4.69, 9.17) is 14.2 Å². The second-order valence-electron chi connectivity index (χ2n) is 5.86. The minimum atomic E-state index is 0. The van der Waals surface area contributed by atoms with Crippen LogP contribution in [0.25, 0.3) is 10.8 Å². The van der Waals surface area contributed by atoms with Crippen LogP contribution in [0.4, 0.5) is 0 Å². The van der Waals surface area contributed by atoms with Crippen molar-refractivity contribution in [2.75, 3.05) is 47.6 Å². The lowest BCUT2D eigenvalue weighted by Gasteiger charge is -2.12. The fourth-order valence-electron chi connectivity index (χ4n) is 2.54. The first kappa shape index (κ1) is 23.5. The summed E-state index contributed by atoms with van der Waals surface area (Å²) in [7, 11) is 5.13. The third-order valence-electron chi connectivity index (χ3n) is 3.99. The van der Waals surface area contributed by atoms with Gasteiger partial charge in [0.2, 0.25) is 0 Å². The molecule has 150 valence electrons. The third-order valence-corrected chi connectivity index (χ3v) is 3.99. The Hall–Kier alpha value is -1.58. The van der Waals surface area contributed by atoms with Crippen LogP contribution in [0.2, 0.25) is 0 Å². The first-order valence-electron chi connectivity index (χ1n) is 8.84. The van der Waals surface area contributed by atoms with Crippen molar-refractivity contribution < 1.29 is 14.2 Å². The van der Waals surface area contributed by atoms with Gasteiger partial charge in [0.15, 0.2) is 5.96 Å². The SMILES string of the molecule is CN=C(NCCCOCCOC)NCc1ccc2cc(OC)ccc2c1.I. The van der Waals surface area contributed by atoms with Gasteiger partial charge < -0.3 is 24.8 Å². The molecule has 0 amide bonds. The third kappa shape index (κ3) is 8.32. The van der Waals surface area contributed by atoms with Crippen molar-refractivity contribution >= 4 is 40.7 Å². The Morgan fingerprint density at radius 2 is 1.74 bits per heavy atom. The Labute approximate surface area is 178 Å². The average molecular weight is 487 g/mol. The molecule has 0 aromatic heterocycles. The van der Waals surface area contributed by atoms with Crippen LogP contribution in [0, 0.1) is 0 Å². The summed E-state index contributed by atoms with van der Waals surface area (Å²) in [4.78, 5) is 4.25. The number of rotatable bonds is 10. The number of hydrogen-bond acceptors (Lipinski definition) is 4. The largest absolute Gasteiger partial charge is 0.497 e. The maximum atomic E-state index is 5.44. The highest BCUT2D eigenvalue weighted by Crippen LogP contribution is 2.21. The van der Waals surface area contributed by atoms with Crippen LogP contribution in [0.3, 0.4) is 0 Å². The van der Waals surface area contributed by atoms with Gasteiger partial charge in [-0.1, -0.05) is 18.2 Å². The molecule has 0 aliphatic heterocycles. The number of aliphatic imine (C=N–C) groups is 1. The van der Waals surface area contributed by atoms with Crippen molar-refractivity contribution in [1.29, 1.82) is 0 Å². The van der Waals surface area contributed by atoms with Gasteiger partial charge in [0.1, 0.15) is 5.75 Å². The molecule has 0 atom stereocenters.